The number of alkyl carbamates (subject to hydrolysis) is 1. The molecule has 32 heavy (non-hydrogen) atoms. The van der Waals surface area contributed by atoms with Crippen molar-refractivity contribution in [3.8, 4) is 17.2 Å². The highest BCUT2D eigenvalue weighted by atomic mass is 16.7. The molecule has 1 N–H and O–H groups in total. The van der Waals surface area contributed by atoms with Gasteiger partial charge in [-0.3, -0.25) is 0 Å². The van der Waals surface area contributed by atoms with E-state index in [1.54, 1.807) is 21.3 Å². The molecular formula is C24H39NO7. The van der Waals surface area contributed by atoms with Gasteiger partial charge in [-0.2, -0.15) is 0 Å². The minimum absolute atomic E-state index is 0.351. The molecule has 0 radical (unpaired) electrons. The van der Waals surface area contributed by atoms with E-state index in [0.29, 0.717) is 36.7 Å². The molecule has 1 amide bonds. The second kappa shape index (κ2) is 10.2. The Morgan fingerprint density at radius 3 is 2.12 bits per heavy atom. The van der Waals surface area contributed by atoms with E-state index in [0.717, 1.165) is 16.7 Å². The summed E-state index contributed by atoms with van der Waals surface area (Å²) >= 11 is 0. The molecule has 1 aromatic rings. The van der Waals surface area contributed by atoms with Gasteiger partial charge in [-0.25, -0.2) is 4.79 Å². The summed E-state index contributed by atoms with van der Waals surface area (Å²) in [5.74, 6) is 1.28. The Morgan fingerprint density at radius 2 is 1.69 bits per heavy atom. The normalized spacial score (nSPS) is 18.8. The zero-order valence-electron chi connectivity index (χ0n) is 21.1. The Morgan fingerprint density at radius 1 is 1.09 bits per heavy atom. The van der Waals surface area contributed by atoms with Crippen LogP contribution in [0.1, 0.15) is 58.2 Å². The first-order valence-corrected chi connectivity index (χ1v) is 11.0. The minimum Gasteiger partial charge on any atom is -0.496 e. The fourth-order valence-electron chi connectivity index (χ4n) is 4.11. The number of rotatable bonds is 8. The van der Waals surface area contributed by atoms with E-state index in [-0.39, 0.29) is 6.10 Å². The molecule has 1 aromatic carbocycles. The highest BCUT2D eigenvalue weighted by Crippen LogP contribution is 2.44. The van der Waals surface area contributed by atoms with E-state index in [1.807, 2.05) is 48.5 Å². The lowest BCUT2D eigenvalue weighted by Gasteiger charge is -2.29. The van der Waals surface area contributed by atoms with Crippen LogP contribution in [0.4, 0.5) is 4.79 Å². The summed E-state index contributed by atoms with van der Waals surface area (Å²) in [6.45, 7) is 13.5. The third-order valence-corrected chi connectivity index (χ3v) is 5.37. The molecule has 0 aromatic heterocycles. The van der Waals surface area contributed by atoms with Crippen LogP contribution in [0.25, 0.3) is 0 Å². The molecule has 1 saturated heterocycles. The Balaban J connectivity index is 2.52. The minimum atomic E-state index is -0.732. The van der Waals surface area contributed by atoms with E-state index >= 15 is 0 Å². The van der Waals surface area contributed by atoms with Gasteiger partial charge in [0.15, 0.2) is 17.3 Å². The zero-order valence-corrected chi connectivity index (χ0v) is 21.1. The Labute approximate surface area is 191 Å². The maximum Gasteiger partial charge on any atom is 0.407 e. The van der Waals surface area contributed by atoms with E-state index in [1.165, 1.54) is 0 Å². The van der Waals surface area contributed by atoms with Crippen molar-refractivity contribution >= 4 is 6.09 Å². The number of carbonyl (C=O) groups excluding carboxylic acids is 1. The molecule has 0 aliphatic carbocycles. The first-order valence-electron chi connectivity index (χ1n) is 11.0. The average Bonchev–Trinajstić information content (AvgIpc) is 3.05. The van der Waals surface area contributed by atoms with Crippen molar-refractivity contribution in [1.82, 2.24) is 5.32 Å². The summed E-state index contributed by atoms with van der Waals surface area (Å²) < 4.78 is 34.5. The molecule has 2 unspecified atom stereocenters. The molecule has 182 valence electrons. The topological polar surface area (TPSA) is 84.5 Å². The Hall–Kier alpha value is -2.19. The standard InChI is InChI=1S/C24H39NO7/c1-11-15-16(19(27-8)14(2)20(28-9)21(15)29-10)12-17(18-13-30-24(6,7)31-18)25-22(26)32-23(3,4)5/h17-18H,11-13H2,1-10H3,(H,25,26). The molecule has 2 rings (SSSR count). The SMILES string of the molecule is CCc1c(CC(NC(=O)OC(C)(C)C)C2COC(C)(C)O2)c(OC)c(C)c(OC)c1OC. The van der Waals surface area contributed by atoms with Gasteiger partial charge in [0, 0.05) is 16.7 Å². The van der Waals surface area contributed by atoms with Crippen molar-refractivity contribution in [1.29, 1.82) is 0 Å². The van der Waals surface area contributed by atoms with Gasteiger partial charge in [0.25, 0.3) is 0 Å². The first-order chi connectivity index (χ1) is 14.9. The average molecular weight is 454 g/mol. The molecule has 1 heterocycles. The molecule has 1 aliphatic rings. The smallest absolute Gasteiger partial charge is 0.407 e. The largest absolute Gasteiger partial charge is 0.496 e. The molecule has 0 bridgehead atoms. The highest BCUT2D eigenvalue weighted by molar-refractivity contribution is 5.69. The van der Waals surface area contributed by atoms with Gasteiger partial charge < -0.3 is 33.7 Å². The van der Waals surface area contributed by atoms with Gasteiger partial charge in [-0.05, 0) is 54.4 Å². The number of nitrogens with one attached hydrogen (secondary N) is 1. The summed E-state index contributed by atoms with van der Waals surface area (Å²) in [5.41, 5.74) is 2.10. The van der Waals surface area contributed by atoms with Crippen LogP contribution in [0, 0.1) is 6.92 Å². The van der Waals surface area contributed by atoms with Crippen LogP contribution in [0.5, 0.6) is 17.2 Å². The summed E-state index contributed by atoms with van der Waals surface area (Å²) in [6, 6.07) is -0.414. The zero-order chi connectivity index (χ0) is 24.3. The van der Waals surface area contributed by atoms with Gasteiger partial charge in [0.05, 0.1) is 34.0 Å². The lowest BCUT2D eigenvalue weighted by Crippen LogP contribution is -2.48. The second-order valence-corrected chi connectivity index (χ2v) is 9.36. The monoisotopic (exact) mass is 453 g/mol. The highest BCUT2D eigenvalue weighted by Gasteiger charge is 2.39. The van der Waals surface area contributed by atoms with Crippen molar-refractivity contribution in [3.63, 3.8) is 0 Å². The van der Waals surface area contributed by atoms with Crippen LogP contribution in [0.15, 0.2) is 0 Å². The van der Waals surface area contributed by atoms with E-state index in [4.69, 9.17) is 28.4 Å². The molecule has 1 fully saturated rings. The predicted molar refractivity (Wildman–Crippen MR) is 122 cm³/mol. The summed E-state index contributed by atoms with van der Waals surface area (Å²) in [7, 11) is 4.87. The van der Waals surface area contributed by atoms with Crippen LogP contribution in [0.2, 0.25) is 0 Å². The second-order valence-electron chi connectivity index (χ2n) is 9.36. The van der Waals surface area contributed by atoms with Crippen molar-refractivity contribution in [3.05, 3.63) is 16.7 Å². The fourth-order valence-corrected chi connectivity index (χ4v) is 4.11. The molecule has 2 atom stereocenters. The number of ether oxygens (including phenoxy) is 6. The van der Waals surface area contributed by atoms with Gasteiger partial charge in [0.1, 0.15) is 17.5 Å². The maximum atomic E-state index is 12.7. The molecule has 8 nitrogen and oxygen atoms in total. The molecule has 0 spiro atoms. The number of amides is 1. The van der Waals surface area contributed by atoms with Crippen LogP contribution >= 0.6 is 0 Å². The van der Waals surface area contributed by atoms with E-state index in [9.17, 15) is 4.79 Å². The van der Waals surface area contributed by atoms with Gasteiger partial charge in [-0.1, -0.05) is 6.92 Å². The van der Waals surface area contributed by atoms with Crippen molar-refractivity contribution in [2.45, 2.75) is 84.8 Å². The third kappa shape index (κ3) is 5.98. The van der Waals surface area contributed by atoms with Crippen molar-refractivity contribution in [2.75, 3.05) is 27.9 Å². The maximum absolute atomic E-state index is 12.7. The third-order valence-electron chi connectivity index (χ3n) is 5.37. The fraction of sp³-hybridized carbons (Fsp3) is 0.708. The molecule has 1 aliphatic heterocycles. The van der Waals surface area contributed by atoms with Crippen LogP contribution in [-0.4, -0.2) is 57.6 Å². The lowest BCUT2D eigenvalue weighted by atomic mass is 9.91. The number of carbonyl (C=O) groups is 1. The van der Waals surface area contributed by atoms with Gasteiger partial charge in [0.2, 0.25) is 0 Å². The molecule has 8 heteroatoms. The van der Waals surface area contributed by atoms with Crippen LogP contribution in [-0.2, 0) is 27.1 Å². The van der Waals surface area contributed by atoms with Crippen LogP contribution in [0.3, 0.4) is 0 Å². The summed E-state index contributed by atoms with van der Waals surface area (Å²) in [5, 5.41) is 3.00. The predicted octanol–water partition coefficient (Wildman–Crippen LogP) is 4.17. The lowest BCUT2D eigenvalue weighted by molar-refractivity contribution is -0.141. The number of benzene rings is 1. The molecular weight excluding hydrogens is 414 g/mol. The molecule has 0 saturated carbocycles. The van der Waals surface area contributed by atoms with E-state index in [2.05, 4.69) is 5.32 Å². The summed E-state index contributed by atoms with van der Waals surface area (Å²) in [6.07, 6.45) is 0.264. The van der Waals surface area contributed by atoms with Gasteiger partial charge >= 0.3 is 6.09 Å². The summed E-state index contributed by atoms with van der Waals surface area (Å²) in [4.78, 5) is 12.7. The number of hydrogen-bond acceptors (Lipinski definition) is 7. The first kappa shape index (κ1) is 26.1. The van der Waals surface area contributed by atoms with Gasteiger partial charge in [-0.15, -0.1) is 0 Å². The van der Waals surface area contributed by atoms with E-state index < -0.39 is 23.5 Å². The van der Waals surface area contributed by atoms with Crippen LogP contribution < -0.4 is 19.5 Å². The van der Waals surface area contributed by atoms with Crippen molar-refractivity contribution < 1.29 is 33.2 Å². The quantitative estimate of drug-likeness (QED) is 0.632. The Bertz CT molecular complexity index is 814. The number of hydrogen-bond donors (Lipinski definition) is 1. The number of methoxy groups -OCH3 is 3. The Kier molecular flexibility index (Phi) is 8.28. The van der Waals surface area contributed by atoms with Crippen molar-refractivity contribution in [2.24, 2.45) is 0 Å².